The molecule has 0 aromatic carbocycles. The van der Waals surface area contributed by atoms with Crippen molar-refractivity contribution in [1.82, 2.24) is 9.88 Å². The Bertz CT molecular complexity index is 397. The first kappa shape index (κ1) is 11.3. The van der Waals surface area contributed by atoms with Crippen LogP contribution in [0.2, 0.25) is 0 Å². The molecule has 1 fully saturated rings. The molecule has 1 aromatic rings. The number of anilines is 1. The van der Waals surface area contributed by atoms with Crippen LogP contribution in [0.3, 0.4) is 0 Å². The Hall–Kier alpha value is -1.23. The second-order valence-electron chi connectivity index (χ2n) is 3.87. The Morgan fingerprint density at radius 3 is 3.19 bits per heavy atom. The third-order valence-electron chi connectivity index (χ3n) is 2.57. The van der Waals surface area contributed by atoms with Gasteiger partial charge in [0.15, 0.2) is 5.69 Å². The number of thioether (sulfide) groups is 1. The van der Waals surface area contributed by atoms with E-state index in [1.807, 2.05) is 16.7 Å². The molecule has 0 aliphatic carbocycles. The van der Waals surface area contributed by atoms with Crippen LogP contribution in [0, 0.1) is 0 Å². The smallest absolute Gasteiger partial charge is 0.274 e. The van der Waals surface area contributed by atoms with Gasteiger partial charge in [0, 0.05) is 30.3 Å². The number of pyridine rings is 1. The van der Waals surface area contributed by atoms with E-state index in [2.05, 4.69) is 11.9 Å². The minimum Gasteiger partial charge on any atom is -0.397 e. The summed E-state index contributed by atoms with van der Waals surface area (Å²) < 4.78 is 0. The van der Waals surface area contributed by atoms with Crippen LogP contribution in [0.5, 0.6) is 0 Å². The largest absolute Gasteiger partial charge is 0.397 e. The first-order valence-electron chi connectivity index (χ1n) is 5.30. The standard InChI is InChI=1S/C11H15N3OS/c1-8-7-14(5-6-16-8)11(15)10-9(12)3-2-4-13-10/h2-4,8H,5-7,12H2,1H3. The normalized spacial score (nSPS) is 20.8. The summed E-state index contributed by atoms with van der Waals surface area (Å²) >= 11 is 1.89. The van der Waals surface area contributed by atoms with Crippen molar-refractivity contribution in [3.63, 3.8) is 0 Å². The summed E-state index contributed by atoms with van der Waals surface area (Å²) in [6.45, 7) is 3.69. The molecule has 4 nitrogen and oxygen atoms in total. The van der Waals surface area contributed by atoms with Gasteiger partial charge in [0.1, 0.15) is 0 Å². The van der Waals surface area contributed by atoms with E-state index in [-0.39, 0.29) is 5.91 Å². The fraction of sp³-hybridized carbons (Fsp3) is 0.455. The maximum atomic E-state index is 12.1. The molecular weight excluding hydrogens is 222 g/mol. The summed E-state index contributed by atoms with van der Waals surface area (Å²) in [4.78, 5) is 18.0. The van der Waals surface area contributed by atoms with E-state index in [9.17, 15) is 4.79 Å². The third kappa shape index (κ3) is 2.29. The van der Waals surface area contributed by atoms with Gasteiger partial charge in [-0.3, -0.25) is 4.79 Å². The van der Waals surface area contributed by atoms with E-state index < -0.39 is 0 Å². The zero-order valence-corrected chi connectivity index (χ0v) is 10.0. The number of rotatable bonds is 1. The summed E-state index contributed by atoms with van der Waals surface area (Å²) in [5.41, 5.74) is 6.58. The molecule has 0 bridgehead atoms. The first-order valence-corrected chi connectivity index (χ1v) is 6.34. The molecule has 1 saturated heterocycles. The van der Waals surface area contributed by atoms with Gasteiger partial charge < -0.3 is 10.6 Å². The number of hydrogen-bond acceptors (Lipinski definition) is 4. The zero-order chi connectivity index (χ0) is 11.5. The van der Waals surface area contributed by atoms with Crippen molar-refractivity contribution >= 4 is 23.4 Å². The second kappa shape index (κ2) is 4.74. The van der Waals surface area contributed by atoms with Crippen LogP contribution in [-0.4, -0.2) is 39.9 Å². The van der Waals surface area contributed by atoms with Crippen molar-refractivity contribution in [2.45, 2.75) is 12.2 Å². The second-order valence-corrected chi connectivity index (χ2v) is 5.42. The molecule has 2 heterocycles. The fourth-order valence-corrected chi connectivity index (χ4v) is 2.76. The summed E-state index contributed by atoms with van der Waals surface area (Å²) in [6, 6.07) is 3.45. The van der Waals surface area contributed by atoms with E-state index in [1.54, 1.807) is 18.3 Å². The molecule has 0 spiro atoms. The van der Waals surface area contributed by atoms with Crippen LogP contribution < -0.4 is 5.73 Å². The van der Waals surface area contributed by atoms with Crippen molar-refractivity contribution in [2.24, 2.45) is 0 Å². The van der Waals surface area contributed by atoms with Crippen molar-refractivity contribution in [3.8, 4) is 0 Å². The van der Waals surface area contributed by atoms with Gasteiger partial charge in [0.25, 0.3) is 5.91 Å². The molecule has 86 valence electrons. The quantitative estimate of drug-likeness (QED) is 0.798. The number of hydrogen-bond donors (Lipinski definition) is 1. The highest BCUT2D eigenvalue weighted by Crippen LogP contribution is 2.20. The highest BCUT2D eigenvalue weighted by atomic mass is 32.2. The van der Waals surface area contributed by atoms with E-state index in [4.69, 9.17) is 5.73 Å². The lowest BCUT2D eigenvalue weighted by Gasteiger charge is -2.30. The summed E-state index contributed by atoms with van der Waals surface area (Å²) in [6.07, 6.45) is 1.60. The topological polar surface area (TPSA) is 59.2 Å². The maximum Gasteiger partial charge on any atom is 0.274 e. The van der Waals surface area contributed by atoms with Crippen molar-refractivity contribution in [3.05, 3.63) is 24.0 Å². The summed E-state index contributed by atoms with van der Waals surface area (Å²) in [5, 5.41) is 0.489. The molecule has 16 heavy (non-hydrogen) atoms. The molecule has 0 saturated carbocycles. The molecular formula is C11H15N3OS. The Morgan fingerprint density at radius 1 is 1.69 bits per heavy atom. The van der Waals surface area contributed by atoms with Gasteiger partial charge in [-0.15, -0.1) is 0 Å². The SMILES string of the molecule is CC1CN(C(=O)c2ncccc2N)CCS1. The van der Waals surface area contributed by atoms with Gasteiger partial charge in [-0.1, -0.05) is 6.92 Å². The minimum atomic E-state index is -0.0507. The molecule has 5 heteroatoms. The molecule has 1 aromatic heterocycles. The number of aromatic nitrogens is 1. The number of carbonyl (C=O) groups is 1. The molecule has 1 aliphatic heterocycles. The summed E-state index contributed by atoms with van der Waals surface area (Å²) in [5.74, 6) is 0.935. The van der Waals surface area contributed by atoms with E-state index in [0.717, 1.165) is 18.8 Å². The van der Waals surface area contributed by atoms with Crippen molar-refractivity contribution < 1.29 is 4.79 Å². The van der Waals surface area contributed by atoms with Crippen LogP contribution in [0.1, 0.15) is 17.4 Å². The zero-order valence-electron chi connectivity index (χ0n) is 9.22. The number of amides is 1. The van der Waals surface area contributed by atoms with E-state index >= 15 is 0 Å². The summed E-state index contributed by atoms with van der Waals surface area (Å²) in [7, 11) is 0. The fourth-order valence-electron chi connectivity index (χ4n) is 1.75. The molecule has 2 N–H and O–H groups in total. The van der Waals surface area contributed by atoms with Gasteiger partial charge in [0.05, 0.1) is 5.69 Å². The predicted octanol–water partition coefficient (Wildman–Crippen LogP) is 1.24. The van der Waals surface area contributed by atoms with Crippen molar-refractivity contribution in [2.75, 3.05) is 24.6 Å². The molecule has 0 radical (unpaired) electrons. The Morgan fingerprint density at radius 2 is 2.50 bits per heavy atom. The van der Waals surface area contributed by atoms with Crippen LogP contribution in [0.15, 0.2) is 18.3 Å². The molecule has 1 unspecified atom stereocenters. The van der Waals surface area contributed by atoms with E-state index in [1.165, 1.54) is 0 Å². The first-order chi connectivity index (χ1) is 7.68. The van der Waals surface area contributed by atoms with Crippen molar-refractivity contribution in [1.29, 1.82) is 0 Å². The van der Waals surface area contributed by atoms with Gasteiger partial charge >= 0.3 is 0 Å². The van der Waals surface area contributed by atoms with Crippen LogP contribution in [0.25, 0.3) is 0 Å². The lowest BCUT2D eigenvalue weighted by Crippen LogP contribution is -2.41. The lowest BCUT2D eigenvalue weighted by molar-refractivity contribution is 0.0758. The highest BCUT2D eigenvalue weighted by Gasteiger charge is 2.24. The predicted molar refractivity (Wildman–Crippen MR) is 66.5 cm³/mol. The Labute approximate surface area is 99.2 Å². The van der Waals surface area contributed by atoms with Gasteiger partial charge in [-0.25, -0.2) is 4.98 Å². The molecule has 1 aliphatic rings. The minimum absolute atomic E-state index is 0.0507. The van der Waals surface area contributed by atoms with Crippen LogP contribution in [-0.2, 0) is 0 Å². The molecule has 1 amide bonds. The van der Waals surface area contributed by atoms with E-state index in [0.29, 0.717) is 16.6 Å². The average Bonchev–Trinajstić information content (AvgIpc) is 2.29. The van der Waals surface area contributed by atoms with Crippen LogP contribution in [0.4, 0.5) is 5.69 Å². The van der Waals surface area contributed by atoms with Gasteiger partial charge in [0.2, 0.25) is 0 Å². The number of nitrogen functional groups attached to an aromatic ring is 1. The highest BCUT2D eigenvalue weighted by molar-refractivity contribution is 7.99. The maximum absolute atomic E-state index is 12.1. The van der Waals surface area contributed by atoms with Gasteiger partial charge in [-0.2, -0.15) is 11.8 Å². The number of nitrogens with two attached hydrogens (primary N) is 1. The number of nitrogens with zero attached hydrogens (tertiary/aromatic N) is 2. The third-order valence-corrected chi connectivity index (χ3v) is 3.71. The van der Waals surface area contributed by atoms with Gasteiger partial charge in [-0.05, 0) is 12.1 Å². The number of carbonyl (C=O) groups excluding carboxylic acids is 1. The molecule has 2 rings (SSSR count). The lowest BCUT2D eigenvalue weighted by atomic mass is 10.2. The monoisotopic (exact) mass is 237 g/mol. The Balaban J connectivity index is 2.16. The molecule has 1 atom stereocenters. The van der Waals surface area contributed by atoms with Crippen LogP contribution >= 0.6 is 11.8 Å². The Kier molecular flexibility index (Phi) is 3.33. The average molecular weight is 237 g/mol.